The lowest BCUT2D eigenvalue weighted by molar-refractivity contribution is -0.409. The van der Waals surface area contributed by atoms with Gasteiger partial charge in [0, 0.05) is 37.2 Å². The highest BCUT2D eigenvalue weighted by Gasteiger charge is 2.48. The lowest BCUT2D eigenvalue weighted by Gasteiger charge is -2.41. The van der Waals surface area contributed by atoms with Gasteiger partial charge in [-0.05, 0) is 18.2 Å². The SMILES string of the molecule is O=C(Nc1ccccc1)N1CCOC12CCN(c1cccc(F)[nH+]1)CC2. The smallest absolute Gasteiger partial charge is 0.324 e. The number of piperidine rings is 1. The van der Waals surface area contributed by atoms with E-state index in [1.165, 1.54) is 6.07 Å². The van der Waals surface area contributed by atoms with Gasteiger partial charge in [0.25, 0.3) is 11.8 Å². The van der Waals surface area contributed by atoms with E-state index in [4.69, 9.17) is 4.74 Å². The summed E-state index contributed by atoms with van der Waals surface area (Å²) in [6.45, 7) is 2.49. The van der Waals surface area contributed by atoms with E-state index in [-0.39, 0.29) is 12.0 Å². The van der Waals surface area contributed by atoms with Crippen molar-refractivity contribution in [1.29, 1.82) is 0 Å². The van der Waals surface area contributed by atoms with Gasteiger partial charge in [0.1, 0.15) is 0 Å². The number of anilines is 2. The fourth-order valence-corrected chi connectivity index (χ4v) is 3.73. The van der Waals surface area contributed by atoms with Gasteiger partial charge in [0.2, 0.25) is 0 Å². The number of urea groups is 1. The van der Waals surface area contributed by atoms with Crippen LogP contribution < -0.4 is 15.2 Å². The topological polar surface area (TPSA) is 59.0 Å². The number of H-pyrrole nitrogens is 1. The van der Waals surface area contributed by atoms with Crippen molar-refractivity contribution < 1.29 is 18.9 Å². The fourth-order valence-electron chi connectivity index (χ4n) is 3.73. The Bertz CT molecular complexity index is 778. The predicted molar refractivity (Wildman–Crippen MR) is 95.3 cm³/mol. The monoisotopic (exact) mass is 357 g/mol. The number of nitrogens with one attached hydrogen (secondary N) is 2. The number of pyridine rings is 1. The molecule has 136 valence electrons. The van der Waals surface area contributed by atoms with Gasteiger partial charge in [-0.25, -0.2) is 9.78 Å². The molecular weight excluding hydrogens is 335 g/mol. The molecule has 1 aromatic carbocycles. The molecule has 0 atom stereocenters. The van der Waals surface area contributed by atoms with Crippen LogP contribution in [0, 0.1) is 5.95 Å². The zero-order chi connectivity index (χ0) is 18.0. The maximum atomic E-state index is 13.4. The van der Waals surface area contributed by atoms with E-state index in [0.29, 0.717) is 39.1 Å². The van der Waals surface area contributed by atoms with E-state index in [2.05, 4.69) is 15.2 Å². The first-order chi connectivity index (χ1) is 12.7. The van der Waals surface area contributed by atoms with Crippen molar-refractivity contribution in [3.05, 3.63) is 54.5 Å². The van der Waals surface area contributed by atoms with Crippen LogP contribution in [-0.4, -0.2) is 42.9 Å². The van der Waals surface area contributed by atoms with Gasteiger partial charge in [-0.1, -0.05) is 18.2 Å². The first-order valence-electron chi connectivity index (χ1n) is 8.87. The summed E-state index contributed by atoms with van der Waals surface area (Å²) in [4.78, 5) is 19.4. The summed E-state index contributed by atoms with van der Waals surface area (Å²) in [5.41, 5.74) is 0.189. The third-order valence-electron chi connectivity index (χ3n) is 5.08. The number of aromatic amines is 1. The third kappa shape index (κ3) is 3.22. The molecule has 3 heterocycles. The summed E-state index contributed by atoms with van der Waals surface area (Å²) < 4.78 is 19.4. The van der Waals surface area contributed by atoms with E-state index in [1.807, 2.05) is 36.4 Å². The lowest BCUT2D eigenvalue weighted by Crippen LogP contribution is -2.56. The second-order valence-corrected chi connectivity index (χ2v) is 6.61. The van der Waals surface area contributed by atoms with Crippen molar-refractivity contribution >= 4 is 17.5 Å². The zero-order valence-electron chi connectivity index (χ0n) is 14.5. The molecule has 1 spiro atoms. The van der Waals surface area contributed by atoms with Gasteiger partial charge in [-0.2, -0.15) is 4.39 Å². The molecule has 4 rings (SSSR count). The van der Waals surface area contributed by atoms with Gasteiger partial charge in [0.05, 0.1) is 19.7 Å². The zero-order valence-corrected chi connectivity index (χ0v) is 14.5. The van der Waals surface area contributed by atoms with Crippen LogP contribution in [0.3, 0.4) is 0 Å². The van der Waals surface area contributed by atoms with Gasteiger partial charge in [0.15, 0.2) is 5.72 Å². The van der Waals surface area contributed by atoms with Crippen LogP contribution in [-0.2, 0) is 4.74 Å². The minimum Gasteiger partial charge on any atom is -0.353 e. The molecule has 6 nitrogen and oxygen atoms in total. The molecule has 2 amide bonds. The van der Waals surface area contributed by atoms with Gasteiger partial charge < -0.3 is 10.1 Å². The number of aromatic nitrogens is 1. The summed E-state index contributed by atoms with van der Waals surface area (Å²) in [5.74, 6) is 0.391. The maximum Gasteiger partial charge on any atom is 0.324 e. The molecule has 2 N–H and O–H groups in total. The maximum absolute atomic E-state index is 13.4. The molecule has 7 heteroatoms. The molecule has 1 aromatic heterocycles. The molecular formula is C19H22FN4O2+. The Balaban J connectivity index is 1.44. The number of halogens is 1. The van der Waals surface area contributed by atoms with E-state index in [9.17, 15) is 9.18 Å². The molecule has 2 aromatic rings. The van der Waals surface area contributed by atoms with Crippen LogP contribution in [0.4, 0.5) is 20.7 Å². The van der Waals surface area contributed by atoms with Crippen LogP contribution in [0.15, 0.2) is 48.5 Å². The lowest BCUT2D eigenvalue weighted by atomic mass is 9.99. The van der Waals surface area contributed by atoms with Crippen LogP contribution in [0.5, 0.6) is 0 Å². The number of ether oxygens (including phenoxy) is 1. The Hall–Kier alpha value is -2.67. The van der Waals surface area contributed by atoms with Crippen molar-refractivity contribution in [2.45, 2.75) is 18.6 Å². The molecule has 2 aliphatic rings. The Kier molecular flexibility index (Phi) is 4.46. The second kappa shape index (κ2) is 6.92. The van der Waals surface area contributed by atoms with Gasteiger partial charge in [-0.15, -0.1) is 0 Å². The van der Waals surface area contributed by atoms with E-state index >= 15 is 0 Å². The summed E-state index contributed by atoms with van der Waals surface area (Å²) in [6, 6.07) is 14.2. The van der Waals surface area contributed by atoms with Gasteiger partial charge >= 0.3 is 6.03 Å². The largest absolute Gasteiger partial charge is 0.353 e. The Morgan fingerprint density at radius 3 is 2.58 bits per heavy atom. The minimum absolute atomic E-state index is 0.139. The Morgan fingerprint density at radius 2 is 1.85 bits per heavy atom. The summed E-state index contributed by atoms with van der Waals surface area (Å²) in [7, 11) is 0. The average Bonchev–Trinajstić information content (AvgIpc) is 3.06. The van der Waals surface area contributed by atoms with Crippen LogP contribution in [0.25, 0.3) is 0 Å². The molecule has 2 saturated heterocycles. The number of hydrogen-bond acceptors (Lipinski definition) is 3. The number of amides is 2. The molecule has 0 aliphatic carbocycles. The van der Waals surface area contributed by atoms with E-state index in [1.54, 1.807) is 11.0 Å². The minimum atomic E-state index is -0.581. The van der Waals surface area contributed by atoms with Crippen molar-refractivity contribution in [1.82, 2.24) is 4.90 Å². The molecule has 2 aliphatic heterocycles. The van der Waals surface area contributed by atoms with E-state index in [0.717, 1.165) is 11.5 Å². The average molecular weight is 357 g/mol. The van der Waals surface area contributed by atoms with Gasteiger partial charge in [-0.3, -0.25) is 9.80 Å². The Morgan fingerprint density at radius 1 is 1.08 bits per heavy atom. The highest BCUT2D eigenvalue weighted by Crippen LogP contribution is 2.35. The normalized spacial score (nSPS) is 19.0. The molecule has 26 heavy (non-hydrogen) atoms. The molecule has 0 saturated carbocycles. The highest BCUT2D eigenvalue weighted by atomic mass is 19.1. The van der Waals surface area contributed by atoms with Crippen molar-refractivity contribution in [2.75, 3.05) is 36.5 Å². The fraction of sp³-hybridized carbons (Fsp3) is 0.368. The molecule has 0 bridgehead atoms. The molecule has 0 radical (unpaired) electrons. The Labute approximate surface area is 151 Å². The van der Waals surface area contributed by atoms with Crippen molar-refractivity contribution in [3.63, 3.8) is 0 Å². The predicted octanol–water partition coefficient (Wildman–Crippen LogP) is 2.50. The summed E-state index contributed by atoms with van der Waals surface area (Å²) >= 11 is 0. The number of hydrogen-bond donors (Lipinski definition) is 1. The van der Waals surface area contributed by atoms with Crippen molar-refractivity contribution in [2.24, 2.45) is 0 Å². The highest BCUT2D eigenvalue weighted by molar-refractivity contribution is 5.89. The standard InChI is InChI=1S/C19H21FN4O2/c20-16-7-4-8-17(22-16)23-11-9-19(10-12-23)24(13-14-26-19)18(25)21-15-5-2-1-3-6-15/h1-8H,9-14H2,(H,21,25)/p+1. The number of para-hydroxylation sites is 1. The molecule has 2 fully saturated rings. The second-order valence-electron chi connectivity index (χ2n) is 6.61. The summed E-state index contributed by atoms with van der Waals surface area (Å²) in [5, 5.41) is 2.94. The number of rotatable bonds is 2. The number of carbonyl (C=O) groups is 1. The number of carbonyl (C=O) groups excluding carboxylic acids is 1. The quantitative estimate of drug-likeness (QED) is 0.840. The third-order valence-corrected chi connectivity index (χ3v) is 5.08. The number of nitrogens with zero attached hydrogens (tertiary/aromatic N) is 2. The summed E-state index contributed by atoms with van der Waals surface area (Å²) in [6.07, 6.45) is 1.36. The molecule has 0 unspecified atom stereocenters. The van der Waals surface area contributed by atoms with Crippen LogP contribution in [0.2, 0.25) is 0 Å². The first-order valence-corrected chi connectivity index (χ1v) is 8.87. The van der Waals surface area contributed by atoms with Crippen LogP contribution >= 0.6 is 0 Å². The van der Waals surface area contributed by atoms with Crippen LogP contribution in [0.1, 0.15) is 12.8 Å². The van der Waals surface area contributed by atoms with Crippen molar-refractivity contribution in [3.8, 4) is 0 Å². The first kappa shape index (κ1) is 16.8. The number of benzene rings is 1. The van der Waals surface area contributed by atoms with E-state index < -0.39 is 5.72 Å².